The van der Waals surface area contributed by atoms with Crippen LogP contribution in [-0.2, 0) is 9.59 Å². The van der Waals surface area contributed by atoms with Gasteiger partial charge in [0.05, 0.1) is 12.0 Å². The summed E-state index contributed by atoms with van der Waals surface area (Å²) in [7, 11) is 0. The molecule has 5 heteroatoms. The van der Waals surface area contributed by atoms with Crippen molar-refractivity contribution >= 4 is 11.8 Å². The first-order chi connectivity index (χ1) is 11.4. The highest BCUT2D eigenvalue weighted by molar-refractivity contribution is 5.80. The molecule has 1 aliphatic heterocycles. The Kier molecular flexibility index (Phi) is 7.08. The van der Waals surface area contributed by atoms with Gasteiger partial charge in [-0.2, -0.15) is 0 Å². The number of piperidine rings is 1. The van der Waals surface area contributed by atoms with E-state index in [0.29, 0.717) is 19.0 Å². The maximum absolute atomic E-state index is 12.5. The van der Waals surface area contributed by atoms with Crippen LogP contribution in [0, 0.1) is 11.8 Å². The predicted octanol–water partition coefficient (Wildman–Crippen LogP) is 2.47. The molecule has 0 unspecified atom stereocenters. The van der Waals surface area contributed by atoms with E-state index in [4.69, 9.17) is 0 Å². The third-order valence-electron chi connectivity index (χ3n) is 5.50. The van der Waals surface area contributed by atoms with Crippen LogP contribution in [0.3, 0.4) is 0 Å². The molecule has 0 bridgehead atoms. The van der Waals surface area contributed by atoms with E-state index in [1.807, 2.05) is 4.90 Å². The third-order valence-corrected chi connectivity index (χ3v) is 5.50. The van der Waals surface area contributed by atoms with Crippen molar-refractivity contribution in [2.24, 2.45) is 11.8 Å². The minimum atomic E-state index is -0.791. The molecule has 2 aliphatic rings. The van der Waals surface area contributed by atoms with Crippen LogP contribution >= 0.6 is 0 Å². The summed E-state index contributed by atoms with van der Waals surface area (Å²) in [6.07, 6.45) is 7.40. The first kappa shape index (κ1) is 19.2. The van der Waals surface area contributed by atoms with Gasteiger partial charge in [0.15, 0.2) is 0 Å². The van der Waals surface area contributed by atoms with Crippen molar-refractivity contribution in [3.05, 3.63) is 0 Å². The SMILES string of the molecule is CC(C)CCNC(=O)C1CCN(C(=O)CC2(O)CCCCC2)CC1. The van der Waals surface area contributed by atoms with E-state index in [1.54, 1.807) is 0 Å². The molecule has 5 nitrogen and oxygen atoms in total. The van der Waals surface area contributed by atoms with Crippen LogP contribution in [0.2, 0.25) is 0 Å². The highest BCUT2D eigenvalue weighted by Gasteiger charge is 2.35. The summed E-state index contributed by atoms with van der Waals surface area (Å²) in [4.78, 5) is 26.5. The van der Waals surface area contributed by atoms with E-state index in [9.17, 15) is 14.7 Å². The van der Waals surface area contributed by atoms with Crippen LogP contribution in [0.15, 0.2) is 0 Å². The zero-order valence-electron chi connectivity index (χ0n) is 15.4. The van der Waals surface area contributed by atoms with Crippen molar-refractivity contribution in [3.8, 4) is 0 Å². The highest BCUT2D eigenvalue weighted by Crippen LogP contribution is 2.32. The van der Waals surface area contributed by atoms with Crippen LogP contribution in [-0.4, -0.2) is 47.1 Å². The first-order valence-electron chi connectivity index (χ1n) is 9.67. The second kappa shape index (κ2) is 8.84. The molecule has 1 aliphatic carbocycles. The average molecular weight is 338 g/mol. The van der Waals surface area contributed by atoms with Gasteiger partial charge in [0.1, 0.15) is 0 Å². The predicted molar refractivity (Wildman–Crippen MR) is 94.4 cm³/mol. The Bertz CT molecular complexity index is 422. The van der Waals surface area contributed by atoms with Crippen LogP contribution in [0.4, 0.5) is 0 Å². The van der Waals surface area contributed by atoms with E-state index >= 15 is 0 Å². The number of carbonyl (C=O) groups is 2. The van der Waals surface area contributed by atoms with E-state index < -0.39 is 5.60 Å². The number of hydrogen-bond donors (Lipinski definition) is 2. The van der Waals surface area contributed by atoms with Gasteiger partial charge in [0.25, 0.3) is 0 Å². The van der Waals surface area contributed by atoms with Crippen molar-refractivity contribution in [1.82, 2.24) is 10.2 Å². The van der Waals surface area contributed by atoms with Gasteiger partial charge < -0.3 is 15.3 Å². The largest absolute Gasteiger partial charge is 0.389 e. The van der Waals surface area contributed by atoms with Crippen molar-refractivity contribution in [2.75, 3.05) is 19.6 Å². The molecule has 0 aromatic rings. The number of nitrogens with zero attached hydrogens (tertiary/aromatic N) is 1. The Labute approximate surface area is 146 Å². The molecule has 138 valence electrons. The topological polar surface area (TPSA) is 69.6 Å². The standard InChI is InChI=1S/C19H34N2O3/c1-15(2)6-11-20-18(23)16-7-12-21(13-8-16)17(22)14-19(24)9-4-3-5-10-19/h15-16,24H,3-14H2,1-2H3,(H,20,23). The third kappa shape index (κ3) is 5.76. The number of nitrogens with one attached hydrogen (secondary N) is 1. The van der Waals surface area contributed by atoms with E-state index in [2.05, 4.69) is 19.2 Å². The molecule has 2 rings (SSSR count). The zero-order valence-corrected chi connectivity index (χ0v) is 15.4. The number of hydrogen-bond acceptors (Lipinski definition) is 3. The van der Waals surface area contributed by atoms with Gasteiger partial charge in [0, 0.05) is 25.6 Å². The molecule has 0 aromatic carbocycles. The summed E-state index contributed by atoms with van der Waals surface area (Å²) in [6, 6.07) is 0. The fourth-order valence-electron chi connectivity index (χ4n) is 3.80. The first-order valence-corrected chi connectivity index (χ1v) is 9.67. The molecule has 1 heterocycles. The fourth-order valence-corrected chi connectivity index (χ4v) is 3.80. The molecule has 0 aromatic heterocycles. The molecule has 24 heavy (non-hydrogen) atoms. The molecule has 2 N–H and O–H groups in total. The molecule has 0 atom stereocenters. The zero-order chi connectivity index (χ0) is 17.6. The fraction of sp³-hybridized carbons (Fsp3) is 0.895. The quantitative estimate of drug-likeness (QED) is 0.782. The van der Waals surface area contributed by atoms with E-state index in [1.165, 1.54) is 0 Å². The lowest BCUT2D eigenvalue weighted by atomic mass is 9.82. The number of likely N-dealkylation sites (tertiary alicyclic amines) is 1. The molecular weight excluding hydrogens is 304 g/mol. The summed E-state index contributed by atoms with van der Waals surface area (Å²) in [5, 5.41) is 13.6. The van der Waals surface area contributed by atoms with Gasteiger partial charge in [-0.1, -0.05) is 33.1 Å². The van der Waals surface area contributed by atoms with E-state index in [0.717, 1.165) is 57.9 Å². The average Bonchev–Trinajstić information content (AvgIpc) is 2.54. The summed E-state index contributed by atoms with van der Waals surface area (Å²) in [5.74, 6) is 0.807. The van der Waals surface area contributed by atoms with Gasteiger partial charge in [-0.05, 0) is 38.0 Å². The summed E-state index contributed by atoms with van der Waals surface area (Å²) in [5.41, 5.74) is -0.791. The van der Waals surface area contributed by atoms with Crippen LogP contribution in [0.5, 0.6) is 0 Å². The highest BCUT2D eigenvalue weighted by atomic mass is 16.3. The van der Waals surface area contributed by atoms with Gasteiger partial charge in [0.2, 0.25) is 11.8 Å². The van der Waals surface area contributed by atoms with Crippen LogP contribution in [0.1, 0.15) is 71.6 Å². The number of amides is 2. The maximum atomic E-state index is 12.5. The summed E-state index contributed by atoms with van der Waals surface area (Å²) >= 11 is 0. The molecule has 1 saturated heterocycles. The minimum Gasteiger partial charge on any atom is -0.389 e. The van der Waals surface area contributed by atoms with Crippen molar-refractivity contribution in [2.45, 2.75) is 77.2 Å². The lowest BCUT2D eigenvalue weighted by Gasteiger charge is -2.36. The second-order valence-electron chi connectivity index (χ2n) is 8.09. The van der Waals surface area contributed by atoms with Crippen LogP contribution < -0.4 is 5.32 Å². The lowest BCUT2D eigenvalue weighted by Crippen LogP contribution is -2.46. The lowest BCUT2D eigenvalue weighted by molar-refractivity contribution is -0.141. The molecule has 2 fully saturated rings. The van der Waals surface area contributed by atoms with Gasteiger partial charge in [-0.15, -0.1) is 0 Å². The van der Waals surface area contributed by atoms with Gasteiger partial charge in [-0.3, -0.25) is 9.59 Å². The Morgan fingerprint density at radius 3 is 2.38 bits per heavy atom. The van der Waals surface area contributed by atoms with Crippen molar-refractivity contribution < 1.29 is 14.7 Å². The smallest absolute Gasteiger partial charge is 0.225 e. The summed E-state index contributed by atoms with van der Waals surface area (Å²) < 4.78 is 0. The van der Waals surface area contributed by atoms with E-state index in [-0.39, 0.29) is 24.2 Å². The van der Waals surface area contributed by atoms with Gasteiger partial charge >= 0.3 is 0 Å². The van der Waals surface area contributed by atoms with Crippen molar-refractivity contribution in [1.29, 1.82) is 0 Å². The Morgan fingerprint density at radius 1 is 1.17 bits per heavy atom. The molecule has 2 amide bonds. The molecule has 1 saturated carbocycles. The van der Waals surface area contributed by atoms with Crippen molar-refractivity contribution in [3.63, 3.8) is 0 Å². The number of aliphatic hydroxyl groups is 1. The number of rotatable bonds is 6. The minimum absolute atomic E-state index is 0.0268. The maximum Gasteiger partial charge on any atom is 0.225 e. The second-order valence-corrected chi connectivity index (χ2v) is 8.09. The van der Waals surface area contributed by atoms with Gasteiger partial charge in [-0.25, -0.2) is 0 Å². The molecule has 0 radical (unpaired) electrons. The summed E-state index contributed by atoms with van der Waals surface area (Å²) in [6.45, 7) is 6.31. The Balaban J connectivity index is 1.71. The van der Waals surface area contributed by atoms with Crippen LogP contribution in [0.25, 0.3) is 0 Å². The molecular formula is C19H34N2O3. The normalized spacial score (nSPS) is 21.8. The molecule has 0 spiro atoms. The number of carbonyl (C=O) groups excluding carboxylic acids is 2. The monoisotopic (exact) mass is 338 g/mol. The Morgan fingerprint density at radius 2 is 1.79 bits per heavy atom. The Hall–Kier alpha value is -1.10.